The van der Waals surface area contributed by atoms with Crippen LogP contribution in [0.5, 0.6) is 0 Å². The fourth-order valence-electron chi connectivity index (χ4n) is 5.15. The summed E-state index contributed by atoms with van der Waals surface area (Å²) in [7, 11) is 0. The van der Waals surface area contributed by atoms with Crippen molar-refractivity contribution in [3.63, 3.8) is 0 Å². The maximum atomic E-state index is 5.18. The Labute approximate surface area is 236 Å². The number of nitrogens with zero attached hydrogens (tertiary/aromatic N) is 3. The number of rotatable bonds is 8. The molecule has 0 radical (unpaired) electrons. The third-order valence-electron chi connectivity index (χ3n) is 7.31. The standard InChI is InChI=1S/C36H32N4/c1-3-40(4-2)30-22-20-29(21-23-30)34-25-32(27-16-10-6-11-17-27)36(38-34)39-35-31(26-14-8-5-9-15-26)24-33(37-35)28-18-12-7-13-19-28/h5-25,38H,3-4H2,1-2H3/b39-35-. The number of allylic oxidation sites excluding steroid dienone is 1. The van der Waals surface area contributed by atoms with E-state index in [-0.39, 0.29) is 0 Å². The lowest BCUT2D eigenvalue weighted by Gasteiger charge is -2.21. The van der Waals surface area contributed by atoms with Crippen molar-refractivity contribution in [2.75, 3.05) is 18.0 Å². The van der Waals surface area contributed by atoms with Gasteiger partial charge >= 0.3 is 0 Å². The molecule has 2 heterocycles. The fraction of sp³-hybridized carbons (Fsp3) is 0.111. The van der Waals surface area contributed by atoms with Gasteiger partial charge in [-0.25, -0.2) is 9.98 Å². The van der Waals surface area contributed by atoms with E-state index in [0.29, 0.717) is 5.84 Å². The molecule has 40 heavy (non-hydrogen) atoms. The predicted molar refractivity (Wildman–Crippen MR) is 170 cm³/mol. The van der Waals surface area contributed by atoms with Gasteiger partial charge in [-0.3, -0.25) is 0 Å². The number of aliphatic imine (C=N–C) groups is 2. The summed E-state index contributed by atoms with van der Waals surface area (Å²) in [6, 6.07) is 42.0. The third-order valence-corrected chi connectivity index (χ3v) is 7.31. The summed E-state index contributed by atoms with van der Waals surface area (Å²) < 4.78 is 0. The molecule has 196 valence electrons. The normalized spacial score (nSPS) is 13.8. The zero-order valence-corrected chi connectivity index (χ0v) is 22.9. The van der Waals surface area contributed by atoms with E-state index in [1.807, 2.05) is 30.3 Å². The van der Waals surface area contributed by atoms with Crippen molar-refractivity contribution in [1.82, 2.24) is 4.98 Å². The maximum Gasteiger partial charge on any atom is 0.162 e. The Kier molecular flexibility index (Phi) is 7.23. The van der Waals surface area contributed by atoms with Crippen LogP contribution in [0.2, 0.25) is 0 Å². The third kappa shape index (κ3) is 5.16. The van der Waals surface area contributed by atoms with E-state index < -0.39 is 0 Å². The number of benzene rings is 4. The molecule has 5 aromatic rings. The highest BCUT2D eigenvalue weighted by Gasteiger charge is 2.21. The topological polar surface area (TPSA) is 43.8 Å². The van der Waals surface area contributed by atoms with Crippen LogP contribution in [0, 0.1) is 0 Å². The Hall–Kier alpha value is -4.96. The first-order valence-electron chi connectivity index (χ1n) is 13.9. The number of hydrogen-bond acceptors (Lipinski definition) is 2. The molecule has 0 saturated heterocycles. The molecular formula is C36H32N4. The number of aromatic amines is 1. The van der Waals surface area contributed by atoms with Crippen LogP contribution in [0.3, 0.4) is 0 Å². The van der Waals surface area contributed by atoms with Crippen LogP contribution in [0.4, 0.5) is 11.5 Å². The van der Waals surface area contributed by atoms with Gasteiger partial charge in [-0.2, -0.15) is 0 Å². The fourth-order valence-corrected chi connectivity index (χ4v) is 5.15. The van der Waals surface area contributed by atoms with Crippen LogP contribution in [-0.2, 0) is 0 Å². The number of H-pyrrole nitrogens is 1. The van der Waals surface area contributed by atoms with Crippen molar-refractivity contribution >= 4 is 28.6 Å². The van der Waals surface area contributed by atoms with Crippen molar-refractivity contribution < 1.29 is 0 Å². The summed E-state index contributed by atoms with van der Waals surface area (Å²) in [5.41, 5.74) is 9.64. The monoisotopic (exact) mass is 520 g/mol. The van der Waals surface area contributed by atoms with E-state index in [2.05, 4.69) is 121 Å². The van der Waals surface area contributed by atoms with Crippen LogP contribution in [0.15, 0.2) is 137 Å². The van der Waals surface area contributed by atoms with Crippen molar-refractivity contribution in [1.29, 1.82) is 0 Å². The van der Waals surface area contributed by atoms with E-state index >= 15 is 0 Å². The first-order valence-corrected chi connectivity index (χ1v) is 13.9. The van der Waals surface area contributed by atoms with Gasteiger partial charge in [0.25, 0.3) is 0 Å². The lowest BCUT2D eigenvalue weighted by Crippen LogP contribution is -2.21. The predicted octanol–water partition coefficient (Wildman–Crippen LogP) is 8.81. The molecule has 1 aliphatic rings. The minimum absolute atomic E-state index is 0.701. The molecule has 0 saturated carbocycles. The molecule has 0 amide bonds. The highest BCUT2D eigenvalue weighted by Crippen LogP contribution is 2.37. The smallest absolute Gasteiger partial charge is 0.162 e. The average molecular weight is 521 g/mol. The van der Waals surface area contributed by atoms with Gasteiger partial charge in [0.1, 0.15) is 5.82 Å². The second-order valence-corrected chi connectivity index (χ2v) is 9.75. The minimum Gasteiger partial charge on any atom is -0.372 e. The zero-order chi connectivity index (χ0) is 27.3. The number of amidine groups is 1. The van der Waals surface area contributed by atoms with Gasteiger partial charge in [-0.05, 0) is 54.8 Å². The van der Waals surface area contributed by atoms with Gasteiger partial charge in [0.15, 0.2) is 5.84 Å². The number of nitrogens with one attached hydrogen (secondary N) is 1. The van der Waals surface area contributed by atoms with E-state index in [1.165, 1.54) is 5.69 Å². The highest BCUT2D eigenvalue weighted by molar-refractivity contribution is 6.38. The van der Waals surface area contributed by atoms with Gasteiger partial charge in [-0.1, -0.05) is 103 Å². The Morgan fingerprint density at radius 2 is 1.23 bits per heavy atom. The van der Waals surface area contributed by atoms with Gasteiger partial charge in [0, 0.05) is 41.2 Å². The van der Waals surface area contributed by atoms with Gasteiger partial charge in [-0.15, -0.1) is 0 Å². The average Bonchev–Trinajstić information content (AvgIpc) is 3.64. The first-order chi connectivity index (χ1) is 19.7. The summed E-state index contributed by atoms with van der Waals surface area (Å²) >= 11 is 0. The van der Waals surface area contributed by atoms with Crippen LogP contribution in [0.1, 0.15) is 25.0 Å². The Morgan fingerprint density at radius 1 is 0.650 bits per heavy atom. The number of hydrogen-bond donors (Lipinski definition) is 1. The molecule has 0 aliphatic carbocycles. The van der Waals surface area contributed by atoms with E-state index in [1.54, 1.807) is 0 Å². The second-order valence-electron chi connectivity index (χ2n) is 9.75. The number of aromatic nitrogens is 1. The molecule has 0 bridgehead atoms. The lowest BCUT2D eigenvalue weighted by molar-refractivity contribution is 0.866. The molecule has 1 aliphatic heterocycles. The molecule has 0 fully saturated rings. The van der Waals surface area contributed by atoms with Crippen molar-refractivity contribution in [2.24, 2.45) is 9.98 Å². The molecule has 6 rings (SSSR count). The lowest BCUT2D eigenvalue weighted by atomic mass is 10.0. The highest BCUT2D eigenvalue weighted by atomic mass is 15.1. The van der Waals surface area contributed by atoms with E-state index in [9.17, 15) is 0 Å². The van der Waals surface area contributed by atoms with Crippen molar-refractivity contribution in [2.45, 2.75) is 13.8 Å². The molecule has 1 N–H and O–H groups in total. The first kappa shape index (κ1) is 25.3. The van der Waals surface area contributed by atoms with Gasteiger partial charge in [0.2, 0.25) is 0 Å². The summed E-state index contributed by atoms with van der Waals surface area (Å²) in [6.45, 7) is 6.35. The van der Waals surface area contributed by atoms with Gasteiger partial charge in [0.05, 0.1) is 5.71 Å². The molecule has 4 heteroatoms. The van der Waals surface area contributed by atoms with Crippen LogP contribution in [0.25, 0.3) is 28.0 Å². The molecule has 4 aromatic carbocycles. The Bertz CT molecular complexity index is 1670. The summed E-state index contributed by atoms with van der Waals surface area (Å²) in [5.74, 6) is 1.50. The van der Waals surface area contributed by atoms with Crippen LogP contribution in [-0.4, -0.2) is 29.6 Å². The van der Waals surface area contributed by atoms with E-state index in [4.69, 9.17) is 9.98 Å². The quantitative estimate of drug-likeness (QED) is 0.218. The summed E-state index contributed by atoms with van der Waals surface area (Å²) in [5, 5.41) is 0. The molecule has 0 spiro atoms. The SMILES string of the molecule is CCN(CC)c1ccc(-c2cc(-c3ccccc3)c(/N=C3\N=C(c4ccccc4)C=C3c3ccccc3)[nH]2)cc1. The van der Waals surface area contributed by atoms with E-state index in [0.717, 1.165) is 63.7 Å². The second kappa shape index (κ2) is 11.4. The minimum atomic E-state index is 0.701. The summed E-state index contributed by atoms with van der Waals surface area (Å²) in [6.07, 6.45) is 2.14. The molecule has 1 aromatic heterocycles. The Morgan fingerprint density at radius 3 is 1.82 bits per heavy atom. The number of anilines is 1. The summed E-state index contributed by atoms with van der Waals surface area (Å²) in [4.78, 5) is 16.2. The zero-order valence-electron chi connectivity index (χ0n) is 22.9. The maximum absolute atomic E-state index is 5.18. The van der Waals surface area contributed by atoms with Crippen molar-refractivity contribution in [3.8, 4) is 22.4 Å². The molecule has 0 unspecified atom stereocenters. The molecule has 0 atom stereocenters. The molecular weight excluding hydrogens is 488 g/mol. The van der Waals surface area contributed by atoms with Crippen LogP contribution < -0.4 is 4.90 Å². The Balaban J connectivity index is 1.46. The molecule has 4 nitrogen and oxygen atoms in total. The van der Waals surface area contributed by atoms with Crippen LogP contribution >= 0.6 is 0 Å². The largest absolute Gasteiger partial charge is 0.372 e. The van der Waals surface area contributed by atoms with Crippen molar-refractivity contribution in [3.05, 3.63) is 139 Å². The van der Waals surface area contributed by atoms with Gasteiger partial charge < -0.3 is 9.88 Å².